The summed E-state index contributed by atoms with van der Waals surface area (Å²) in [5, 5.41) is 9.37. The molecule has 1 heterocycles. The first-order valence-corrected chi connectivity index (χ1v) is 8.05. The second kappa shape index (κ2) is 8.72. The van der Waals surface area contributed by atoms with Crippen LogP contribution < -0.4 is 11.2 Å². The normalized spacial score (nSPS) is 11.6. The lowest BCUT2D eigenvalue weighted by atomic mass is 10.0. The first-order chi connectivity index (χ1) is 11.5. The number of nitrogens with two attached hydrogens (primary N) is 1. The van der Waals surface area contributed by atoms with E-state index in [1.165, 1.54) is 30.7 Å². The van der Waals surface area contributed by atoms with Crippen LogP contribution in [0.4, 0.5) is 10.1 Å². The molecule has 8 heteroatoms. The van der Waals surface area contributed by atoms with E-state index in [-0.39, 0.29) is 22.5 Å². The smallest absolute Gasteiger partial charge is 0.160 e. The summed E-state index contributed by atoms with van der Waals surface area (Å²) >= 11 is 3.08. The first-order valence-electron chi connectivity index (χ1n) is 7.26. The molecular formula is C16H17BrFN3O3. The summed E-state index contributed by atoms with van der Waals surface area (Å²) in [5.41, 5.74) is 8.86. The summed E-state index contributed by atoms with van der Waals surface area (Å²) in [6.45, 7) is 0.453. The molecule has 0 fully saturated rings. The van der Waals surface area contributed by atoms with E-state index in [0.29, 0.717) is 36.2 Å². The van der Waals surface area contributed by atoms with Crippen LogP contribution in [0.25, 0.3) is 0 Å². The van der Waals surface area contributed by atoms with Gasteiger partial charge in [-0.2, -0.15) is 0 Å². The zero-order valence-electron chi connectivity index (χ0n) is 12.8. The number of nitrogens with zero attached hydrogens (tertiary/aromatic N) is 1. The van der Waals surface area contributed by atoms with Crippen molar-refractivity contribution in [2.24, 2.45) is 10.7 Å². The van der Waals surface area contributed by atoms with E-state index in [4.69, 9.17) is 10.2 Å². The molecule has 0 unspecified atom stereocenters. The van der Waals surface area contributed by atoms with Gasteiger partial charge in [0.2, 0.25) is 0 Å². The van der Waals surface area contributed by atoms with Crippen molar-refractivity contribution in [3.8, 4) is 0 Å². The molecule has 1 aromatic carbocycles. The van der Waals surface area contributed by atoms with Crippen molar-refractivity contribution in [1.82, 2.24) is 5.48 Å². The minimum Gasteiger partial charge on any atom is -0.472 e. The number of aliphatic imine (C=N–C) groups is 1. The first kappa shape index (κ1) is 18.3. The zero-order valence-corrected chi connectivity index (χ0v) is 14.3. The van der Waals surface area contributed by atoms with Crippen molar-refractivity contribution in [1.29, 1.82) is 0 Å². The van der Waals surface area contributed by atoms with Crippen molar-refractivity contribution < 1.29 is 18.8 Å². The van der Waals surface area contributed by atoms with Crippen LogP contribution >= 0.6 is 15.9 Å². The molecule has 24 heavy (non-hydrogen) atoms. The van der Waals surface area contributed by atoms with Gasteiger partial charge in [-0.25, -0.2) is 9.38 Å². The number of amidine groups is 1. The fourth-order valence-corrected chi connectivity index (χ4v) is 2.46. The SMILES string of the molecule is NCCCC(=O)Cc1cocc1C(=Nc1ccc(F)c(Br)c1)NO. The van der Waals surface area contributed by atoms with Crippen molar-refractivity contribution in [3.63, 3.8) is 0 Å². The van der Waals surface area contributed by atoms with Crippen LogP contribution in [0.2, 0.25) is 0 Å². The Kier molecular flexibility index (Phi) is 6.65. The number of Topliss-reactive ketones (excluding diaryl/α,β-unsaturated/α-hetero) is 1. The van der Waals surface area contributed by atoms with Gasteiger partial charge >= 0.3 is 0 Å². The highest BCUT2D eigenvalue weighted by molar-refractivity contribution is 9.10. The minimum absolute atomic E-state index is 0.0184. The van der Waals surface area contributed by atoms with Crippen LogP contribution in [0.15, 0.2) is 44.6 Å². The fourth-order valence-electron chi connectivity index (χ4n) is 2.10. The Balaban J connectivity index is 2.24. The summed E-state index contributed by atoms with van der Waals surface area (Å²) in [5.74, 6) is -0.296. The molecule has 6 nitrogen and oxygen atoms in total. The number of rotatable bonds is 7. The van der Waals surface area contributed by atoms with Crippen LogP contribution in [-0.2, 0) is 11.2 Å². The van der Waals surface area contributed by atoms with Gasteiger partial charge in [-0.05, 0) is 47.1 Å². The molecule has 0 aliphatic heterocycles. The van der Waals surface area contributed by atoms with Crippen LogP contribution in [0.5, 0.6) is 0 Å². The Morgan fingerprint density at radius 2 is 2.21 bits per heavy atom. The topological polar surface area (TPSA) is 101 Å². The number of hydrogen-bond donors (Lipinski definition) is 3. The molecule has 0 amide bonds. The van der Waals surface area contributed by atoms with Crippen molar-refractivity contribution in [2.75, 3.05) is 6.54 Å². The average molecular weight is 398 g/mol. The lowest BCUT2D eigenvalue weighted by Crippen LogP contribution is -2.21. The molecule has 4 N–H and O–H groups in total. The lowest BCUT2D eigenvalue weighted by molar-refractivity contribution is -0.118. The van der Waals surface area contributed by atoms with Gasteiger partial charge in [-0.3, -0.25) is 15.5 Å². The number of carbonyl (C=O) groups excluding carboxylic acids is 1. The molecule has 0 saturated carbocycles. The van der Waals surface area contributed by atoms with Crippen molar-refractivity contribution in [2.45, 2.75) is 19.3 Å². The summed E-state index contributed by atoms with van der Waals surface area (Å²) < 4.78 is 18.7. The van der Waals surface area contributed by atoms with E-state index in [1.54, 1.807) is 0 Å². The zero-order chi connectivity index (χ0) is 17.5. The summed E-state index contributed by atoms with van der Waals surface area (Å²) in [6, 6.07) is 4.19. The minimum atomic E-state index is -0.415. The van der Waals surface area contributed by atoms with Crippen LogP contribution in [0, 0.1) is 5.82 Å². The second-order valence-corrected chi connectivity index (χ2v) is 5.94. The highest BCUT2D eigenvalue weighted by Gasteiger charge is 2.15. The van der Waals surface area contributed by atoms with Gasteiger partial charge in [-0.15, -0.1) is 0 Å². The molecule has 0 atom stereocenters. The number of carbonyl (C=O) groups is 1. The van der Waals surface area contributed by atoms with E-state index < -0.39 is 5.82 Å². The molecule has 2 rings (SSSR count). The molecular weight excluding hydrogens is 381 g/mol. The molecule has 0 saturated heterocycles. The molecule has 0 radical (unpaired) electrons. The molecule has 2 aromatic rings. The molecule has 0 bridgehead atoms. The van der Waals surface area contributed by atoms with Crippen molar-refractivity contribution in [3.05, 3.63) is 52.1 Å². The Morgan fingerprint density at radius 3 is 2.88 bits per heavy atom. The molecule has 0 aliphatic carbocycles. The number of furan rings is 1. The van der Waals surface area contributed by atoms with Gasteiger partial charge in [0.05, 0.1) is 22.0 Å². The molecule has 128 valence electrons. The summed E-state index contributed by atoms with van der Waals surface area (Å²) in [4.78, 5) is 16.1. The maximum absolute atomic E-state index is 13.3. The van der Waals surface area contributed by atoms with E-state index in [9.17, 15) is 14.4 Å². The third-order valence-corrected chi connectivity index (χ3v) is 3.90. The highest BCUT2D eigenvalue weighted by atomic mass is 79.9. The molecule has 1 aromatic heterocycles. The molecule has 0 aliphatic rings. The third-order valence-electron chi connectivity index (χ3n) is 3.29. The van der Waals surface area contributed by atoms with E-state index in [1.807, 2.05) is 5.48 Å². The van der Waals surface area contributed by atoms with Gasteiger partial charge < -0.3 is 10.2 Å². The summed E-state index contributed by atoms with van der Waals surface area (Å²) in [7, 11) is 0. The van der Waals surface area contributed by atoms with Gasteiger partial charge in [-0.1, -0.05) is 0 Å². The Morgan fingerprint density at radius 1 is 1.42 bits per heavy atom. The monoisotopic (exact) mass is 397 g/mol. The fraction of sp³-hybridized carbons (Fsp3) is 0.250. The Labute approximate surface area is 146 Å². The standard InChI is InChI=1S/C16H17BrFN3O3/c17-14-7-11(3-4-15(14)18)20-16(21-23)13-9-24-8-10(13)6-12(22)2-1-5-19/h3-4,7-9,23H,1-2,5-6,19H2,(H,20,21). The van der Waals surface area contributed by atoms with Crippen LogP contribution in [0.3, 0.4) is 0 Å². The van der Waals surface area contributed by atoms with E-state index in [2.05, 4.69) is 20.9 Å². The number of hydroxylamine groups is 1. The number of halogens is 2. The third kappa shape index (κ3) is 4.73. The van der Waals surface area contributed by atoms with Gasteiger partial charge in [0, 0.05) is 18.4 Å². The Bertz CT molecular complexity index is 746. The predicted molar refractivity (Wildman–Crippen MR) is 90.9 cm³/mol. The largest absolute Gasteiger partial charge is 0.472 e. The number of hydrogen-bond acceptors (Lipinski definition) is 5. The second-order valence-electron chi connectivity index (χ2n) is 5.09. The Hall–Kier alpha value is -2.03. The van der Waals surface area contributed by atoms with E-state index >= 15 is 0 Å². The van der Waals surface area contributed by atoms with Gasteiger partial charge in [0.1, 0.15) is 17.9 Å². The van der Waals surface area contributed by atoms with Gasteiger partial charge in [0.25, 0.3) is 0 Å². The average Bonchev–Trinajstić information content (AvgIpc) is 3.01. The van der Waals surface area contributed by atoms with Crippen LogP contribution in [0.1, 0.15) is 24.0 Å². The lowest BCUT2D eigenvalue weighted by Gasteiger charge is -2.06. The highest BCUT2D eigenvalue weighted by Crippen LogP contribution is 2.23. The van der Waals surface area contributed by atoms with Crippen LogP contribution in [-0.4, -0.2) is 23.4 Å². The predicted octanol–water partition coefficient (Wildman–Crippen LogP) is 3.09. The summed E-state index contributed by atoms with van der Waals surface area (Å²) in [6.07, 6.45) is 3.97. The van der Waals surface area contributed by atoms with Gasteiger partial charge in [0.15, 0.2) is 5.84 Å². The van der Waals surface area contributed by atoms with E-state index in [0.717, 1.165) is 0 Å². The number of benzene rings is 1. The molecule has 0 spiro atoms. The number of ketones is 1. The number of nitrogens with one attached hydrogen (secondary N) is 1. The maximum Gasteiger partial charge on any atom is 0.160 e. The quantitative estimate of drug-likeness (QED) is 0.378. The van der Waals surface area contributed by atoms with Crippen molar-refractivity contribution >= 4 is 33.2 Å². The maximum atomic E-state index is 13.3.